The molecule has 3 rings (SSSR count). The molecule has 0 bridgehead atoms. The second-order valence-corrected chi connectivity index (χ2v) is 7.19. The minimum absolute atomic E-state index is 0.00385. The lowest BCUT2D eigenvalue weighted by Crippen LogP contribution is -2.44. The molecule has 1 aliphatic rings. The van der Waals surface area contributed by atoms with Gasteiger partial charge in [-0.05, 0) is 68.9 Å². The third-order valence-corrected chi connectivity index (χ3v) is 5.57. The van der Waals surface area contributed by atoms with Crippen LogP contribution in [-0.2, 0) is 0 Å². The van der Waals surface area contributed by atoms with Crippen LogP contribution < -0.4 is 0 Å². The lowest BCUT2D eigenvalue weighted by atomic mass is 9.77. The van der Waals surface area contributed by atoms with Crippen LogP contribution in [0.3, 0.4) is 0 Å². The molecule has 25 heavy (non-hydrogen) atoms. The highest BCUT2D eigenvalue weighted by Gasteiger charge is 2.34. The summed E-state index contributed by atoms with van der Waals surface area (Å²) >= 11 is 0. The number of aliphatic hydroxyl groups is 1. The Hall–Kier alpha value is -2.14. The molecule has 0 spiro atoms. The first kappa shape index (κ1) is 17.7. The van der Waals surface area contributed by atoms with Gasteiger partial charge in [0.05, 0.1) is 11.4 Å². The summed E-state index contributed by atoms with van der Waals surface area (Å²) < 4.78 is 1.89. The molecule has 1 aromatic carbocycles. The maximum absolute atomic E-state index is 12.7. The van der Waals surface area contributed by atoms with E-state index in [2.05, 4.69) is 12.0 Å². The van der Waals surface area contributed by atoms with Gasteiger partial charge in [0.1, 0.15) is 0 Å². The number of piperidine rings is 1. The van der Waals surface area contributed by atoms with E-state index in [0.717, 1.165) is 36.3 Å². The van der Waals surface area contributed by atoms with Crippen molar-refractivity contribution in [1.29, 1.82) is 0 Å². The molecule has 1 aromatic heterocycles. The number of hydrogen-bond acceptors (Lipinski definition) is 3. The Morgan fingerprint density at radius 1 is 1.20 bits per heavy atom. The van der Waals surface area contributed by atoms with Crippen LogP contribution in [0, 0.1) is 19.3 Å². The van der Waals surface area contributed by atoms with Crippen LogP contribution in [0.5, 0.6) is 0 Å². The molecule has 0 aliphatic carbocycles. The van der Waals surface area contributed by atoms with E-state index in [-0.39, 0.29) is 17.9 Å². The normalized spacial score (nSPS) is 16.9. The molecule has 0 unspecified atom stereocenters. The quantitative estimate of drug-likeness (QED) is 0.929. The topological polar surface area (TPSA) is 58.4 Å². The molecule has 134 valence electrons. The molecule has 5 heteroatoms. The Bertz CT molecular complexity index is 735. The van der Waals surface area contributed by atoms with Gasteiger partial charge in [-0.1, -0.05) is 6.92 Å². The molecule has 0 atom stereocenters. The van der Waals surface area contributed by atoms with Crippen molar-refractivity contribution in [1.82, 2.24) is 14.7 Å². The first-order valence-corrected chi connectivity index (χ1v) is 9.02. The Morgan fingerprint density at radius 3 is 2.32 bits per heavy atom. The van der Waals surface area contributed by atoms with Crippen LogP contribution in [0.4, 0.5) is 0 Å². The Labute approximate surface area is 149 Å². The minimum Gasteiger partial charge on any atom is -0.396 e. The Balaban J connectivity index is 1.71. The molecule has 1 N–H and O–H groups in total. The van der Waals surface area contributed by atoms with Gasteiger partial charge < -0.3 is 10.0 Å². The molecule has 2 heterocycles. The van der Waals surface area contributed by atoms with Crippen molar-refractivity contribution in [3.63, 3.8) is 0 Å². The number of aliphatic hydroxyl groups excluding tert-OH is 1. The van der Waals surface area contributed by atoms with E-state index >= 15 is 0 Å². The monoisotopic (exact) mass is 341 g/mol. The van der Waals surface area contributed by atoms with Gasteiger partial charge in [-0.2, -0.15) is 5.10 Å². The predicted molar refractivity (Wildman–Crippen MR) is 98.0 cm³/mol. The predicted octanol–water partition coefficient (Wildman–Crippen LogP) is 3.11. The molecule has 1 amide bonds. The molecule has 5 nitrogen and oxygen atoms in total. The highest BCUT2D eigenvalue weighted by molar-refractivity contribution is 5.94. The largest absolute Gasteiger partial charge is 0.396 e. The molecule has 1 aliphatic heterocycles. The van der Waals surface area contributed by atoms with Gasteiger partial charge >= 0.3 is 0 Å². The second-order valence-electron chi connectivity index (χ2n) is 7.19. The van der Waals surface area contributed by atoms with Gasteiger partial charge in [0.2, 0.25) is 0 Å². The van der Waals surface area contributed by atoms with Crippen molar-refractivity contribution in [3.8, 4) is 5.69 Å². The molecular weight excluding hydrogens is 314 g/mol. The number of aryl methyl sites for hydroxylation is 2. The first-order chi connectivity index (χ1) is 12.0. The van der Waals surface area contributed by atoms with Crippen molar-refractivity contribution < 1.29 is 9.90 Å². The van der Waals surface area contributed by atoms with Gasteiger partial charge in [0, 0.05) is 31.0 Å². The fourth-order valence-corrected chi connectivity index (χ4v) is 3.63. The summed E-state index contributed by atoms with van der Waals surface area (Å²) in [6.45, 7) is 7.75. The zero-order valence-corrected chi connectivity index (χ0v) is 15.3. The van der Waals surface area contributed by atoms with E-state index < -0.39 is 0 Å². The standard InChI is InChI=1S/C20H27N3O2/c1-4-20(14-24)9-11-22(12-10-20)19(25)17-5-7-18(8-6-17)23-16(3)13-15(2)21-23/h5-8,13,24H,4,9-12,14H2,1-3H3. The molecule has 0 saturated carbocycles. The summed E-state index contributed by atoms with van der Waals surface area (Å²) in [5.74, 6) is 0.0718. The molecule has 2 aromatic rings. The molecule has 1 saturated heterocycles. The number of amides is 1. The van der Waals surface area contributed by atoms with Crippen LogP contribution in [0.2, 0.25) is 0 Å². The summed E-state index contributed by atoms with van der Waals surface area (Å²) in [4.78, 5) is 14.7. The van der Waals surface area contributed by atoms with E-state index in [1.807, 2.05) is 53.8 Å². The molecule has 1 fully saturated rings. The highest BCUT2D eigenvalue weighted by Crippen LogP contribution is 2.34. The van der Waals surface area contributed by atoms with Crippen LogP contribution in [0.15, 0.2) is 30.3 Å². The summed E-state index contributed by atoms with van der Waals surface area (Å²) in [6.07, 6.45) is 2.70. The summed E-state index contributed by atoms with van der Waals surface area (Å²) in [5.41, 5.74) is 3.72. The van der Waals surface area contributed by atoms with Gasteiger partial charge in [-0.25, -0.2) is 4.68 Å². The molecule has 0 radical (unpaired) electrons. The third-order valence-electron chi connectivity index (χ3n) is 5.57. The van der Waals surface area contributed by atoms with E-state index in [0.29, 0.717) is 18.7 Å². The maximum Gasteiger partial charge on any atom is 0.253 e. The highest BCUT2D eigenvalue weighted by atomic mass is 16.3. The van der Waals surface area contributed by atoms with Crippen molar-refractivity contribution in [2.75, 3.05) is 19.7 Å². The Kier molecular flexibility index (Phi) is 4.95. The van der Waals surface area contributed by atoms with E-state index in [9.17, 15) is 9.90 Å². The van der Waals surface area contributed by atoms with Crippen molar-refractivity contribution in [2.24, 2.45) is 5.41 Å². The summed E-state index contributed by atoms with van der Waals surface area (Å²) in [6, 6.07) is 9.68. The smallest absolute Gasteiger partial charge is 0.253 e. The third kappa shape index (κ3) is 3.47. The van der Waals surface area contributed by atoms with E-state index in [1.165, 1.54) is 0 Å². The number of rotatable bonds is 4. The van der Waals surface area contributed by atoms with Gasteiger partial charge in [-0.15, -0.1) is 0 Å². The summed E-state index contributed by atoms with van der Waals surface area (Å²) in [7, 11) is 0. The number of carbonyl (C=O) groups excluding carboxylic acids is 1. The lowest BCUT2D eigenvalue weighted by molar-refractivity contribution is 0.0338. The van der Waals surface area contributed by atoms with Crippen molar-refractivity contribution >= 4 is 5.91 Å². The average molecular weight is 341 g/mol. The average Bonchev–Trinajstić information content (AvgIpc) is 2.99. The van der Waals surface area contributed by atoms with Crippen molar-refractivity contribution in [3.05, 3.63) is 47.3 Å². The fraction of sp³-hybridized carbons (Fsp3) is 0.500. The van der Waals surface area contributed by atoms with Crippen LogP contribution in [-0.4, -0.2) is 45.4 Å². The number of carbonyl (C=O) groups is 1. The van der Waals surface area contributed by atoms with Gasteiger partial charge in [0.15, 0.2) is 0 Å². The van der Waals surface area contributed by atoms with E-state index in [4.69, 9.17) is 0 Å². The number of aromatic nitrogens is 2. The number of likely N-dealkylation sites (tertiary alicyclic amines) is 1. The van der Waals surface area contributed by atoms with Crippen LogP contribution in [0.1, 0.15) is 47.9 Å². The van der Waals surface area contributed by atoms with Crippen LogP contribution >= 0.6 is 0 Å². The minimum atomic E-state index is -0.00385. The molecular formula is C20H27N3O2. The van der Waals surface area contributed by atoms with Gasteiger partial charge in [-0.3, -0.25) is 4.79 Å². The fourth-order valence-electron chi connectivity index (χ4n) is 3.63. The van der Waals surface area contributed by atoms with Crippen LogP contribution in [0.25, 0.3) is 5.69 Å². The number of nitrogens with zero attached hydrogens (tertiary/aromatic N) is 3. The lowest BCUT2D eigenvalue weighted by Gasteiger charge is -2.40. The summed E-state index contributed by atoms with van der Waals surface area (Å²) in [5, 5.41) is 14.1. The maximum atomic E-state index is 12.7. The van der Waals surface area contributed by atoms with Gasteiger partial charge in [0.25, 0.3) is 5.91 Å². The zero-order chi connectivity index (χ0) is 18.0. The Morgan fingerprint density at radius 2 is 1.84 bits per heavy atom. The first-order valence-electron chi connectivity index (χ1n) is 9.02. The SMILES string of the molecule is CCC1(CO)CCN(C(=O)c2ccc(-n3nc(C)cc3C)cc2)CC1. The number of hydrogen-bond donors (Lipinski definition) is 1. The second kappa shape index (κ2) is 7.00. The van der Waals surface area contributed by atoms with Crippen molar-refractivity contribution in [2.45, 2.75) is 40.0 Å². The number of benzene rings is 1. The zero-order valence-electron chi connectivity index (χ0n) is 15.3. The van der Waals surface area contributed by atoms with E-state index in [1.54, 1.807) is 0 Å².